The largest absolute Gasteiger partial charge is 0.390 e. The van der Waals surface area contributed by atoms with E-state index in [0.29, 0.717) is 11.5 Å². The first kappa shape index (κ1) is 18.3. The number of nitrogens with two attached hydrogens (primary N) is 1. The average molecular weight is 373 g/mol. The molecule has 0 spiro atoms. The van der Waals surface area contributed by atoms with E-state index in [-0.39, 0.29) is 12.6 Å². The lowest BCUT2D eigenvalue weighted by Crippen LogP contribution is -2.21. The maximum absolute atomic E-state index is 9.36. The van der Waals surface area contributed by atoms with Crippen LogP contribution >= 0.6 is 0 Å². The van der Waals surface area contributed by atoms with Gasteiger partial charge < -0.3 is 10.8 Å². The maximum atomic E-state index is 9.36. The van der Waals surface area contributed by atoms with Crippen molar-refractivity contribution < 1.29 is 5.11 Å². The first-order valence-electron chi connectivity index (χ1n) is 9.44. The Morgan fingerprint density at radius 2 is 1.86 bits per heavy atom. The molecule has 4 rings (SSSR count). The number of aromatic nitrogens is 4. The fourth-order valence-electron chi connectivity index (χ4n) is 3.20. The SMILES string of the molecule is CCC(N)Cc1cccc(-c2ccc3cnn(-c4cccc(CO)n4)c3c2)n1. The quantitative estimate of drug-likeness (QED) is 0.541. The normalized spacial score (nSPS) is 12.4. The fraction of sp³-hybridized carbons (Fsp3) is 0.227. The van der Waals surface area contributed by atoms with Crippen LogP contribution in [0.1, 0.15) is 24.7 Å². The molecule has 0 saturated carbocycles. The van der Waals surface area contributed by atoms with Crippen LogP contribution in [-0.4, -0.2) is 30.9 Å². The van der Waals surface area contributed by atoms with E-state index in [1.54, 1.807) is 10.7 Å². The van der Waals surface area contributed by atoms with Gasteiger partial charge in [0.05, 0.1) is 29.7 Å². The summed E-state index contributed by atoms with van der Waals surface area (Å²) >= 11 is 0. The molecule has 0 fully saturated rings. The summed E-state index contributed by atoms with van der Waals surface area (Å²) in [6.45, 7) is 1.98. The molecule has 0 radical (unpaired) electrons. The molecule has 0 aliphatic rings. The minimum absolute atomic E-state index is 0.102. The Morgan fingerprint density at radius 3 is 2.68 bits per heavy atom. The number of pyridine rings is 2. The molecule has 0 bridgehead atoms. The lowest BCUT2D eigenvalue weighted by molar-refractivity contribution is 0.276. The Labute approximate surface area is 163 Å². The van der Waals surface area contributed by atoms with Crippen molar-refractivity contribution in [1.82, 2.24) is 19.7 Å². The summed E-state index contributed by atoms with van der Waals surface area (Å²) in [5, 5.41) is 14.9. The zero-order valence-electron chi connectivity index (χ0n) is 15.8. The third kappa shape index (κ3) is 3.65. The molecule has 6 heteroatoms. The molecule has 142 valence electrons. The van der Waals surface area contributed by atoms with E-state index < -0.39 is 0 Å². The minimum Gasteiger partial charge on any atom is -0.390 e. The second-order valence-corrected chi connectivity index (χ2v) is 6.86. The predicted molar refractivity (Wildman–Crippen MR) is 110 cm³/mol. The molecular weight excluding hydrogens is 350 g/mol. The lowest BCUT2D eigenvalue weighted by Gasteiger charge is -2.10. The topological polar surface area (TPSA) is 89.8 Å². The van der Waals surface area contributed by atoms with Crippen LogP contribution in [0.4, 0.5) is 0 Å². The van der Waals surface area contributed by atoms with Crippen molar-refractivity contribution in [2.75, 3.05) is 0 Å². The van der Waals surface area contributed by atoms with E-state index in [4.69, 9.17) is 10.7 Å². The number of hydrogen-bond acceptors (Lipinski definition) is 5. The summed E-state index contributed by atoms with van der Waals surface area (Å²) < 4.78 is 1.79. The summed E-state index contributed by atoms with van der Waals surface area (Å²) in [5.74, 6) is 0.675. The molecule has 6 nitrogen and oxygen atoms in total. The van der Waals surface area contributed by atoms with Gasteiger partial charge in [0.25, 0.3) is 0 Å². The highest BCUT2D eigenvalue weighted by Gasteiger charge is 2.10. The van der Waals surface area contributed by atoms with Gasteiger partial charge in [-0.25, -0.2) is 9.67 Å². The van der Waals surface area contributed by atoms with Crippen molar-refractivity contribution in [3.05, 3.63) is 72.2 Å². The van der Waals surface area contributed by atoms with E-state index in [2.05, 4.69) is 29.1 Å². The van der Waals surface area contributed by atoms with Crippen LogP contribution in [0.3, 0.4) is 0 Å². The van der Waals surface area contributed by atoms with Gasteiger partial charge in [0.1, 0.15) is 0 Å². The van der Waals surface area contributed by atoms with E-state index in [9.17, 15) is 5.11 Å². The van der Waals surface area contributed by atoms with Crippen LogP contribution in [0.5, 0.6) is 0 Å². The standard InChI is InChI=1S/C22H23N5O/c1-2-17(23)12-18-5-3-7-20(25-18)15-9-10-16-13-24-27(21(16)11-15)22-8-4-6-19(14-28)26-22/h3-11,13,17,28H,2,12,14,23H2,1H3. The highest BCUT2D eigenvalue weighted by Crippen LogP contribution is 2.25. The first-order chi connectivity index (χ1) is 13.7. The lowest BCUT2D eigenvalue weighted by atomic mass is 10.1. The van der Waals surface area contributed by atoms with Crippen LogP contribution in [0.15, 0.2) is 60.8 Å². The number of aliphatic hydroxyl groups is 1. The molecule has 1 atom stereocenters. The zero-order valence-corrected chi connectivity index (χ0v) is 15.8. The van der Waals surface area contributed by atoms with Gasteiger partial charge in [-0.2, -0.15) is 5.10 Å². The minimum atomic E-state index is -0.102. The Morgan fingerprint density at radius 1 is 1.04 bits per heavy atom. The van der Waals surface area contributed by atoms with Crippen LogP contribution in [0, 0.1) is 0 Å². The fourth-order valence-corrected chi connectivity index (χ4v) is 3.20. The smallest absolute Gasteiger partial charge is 0.154 e. The second kappa shape index (κ2) is 7.88. The van der Waals surface area contributed by atoms with E-state index in [1.165, 1.54) is 0 Å². The predicted octanol–water partition coefficient (Wildman–Crippen LogP) is 3.25. The molecule has 0 amide bonds. The molecule has 1 aromatic carbocycles. The van der Waals surface area contributed by atoms with Crippen molar-refractivity contribution in [3.63, 3.8) is 0 Å². The number of hydrogen-bond donors (Lipinski definition) is 2. The highest BCUT2D eigenvalue weighted by molar-refractivity contribution is 5.84. The van der Waals surface area contributed by atoms with Crippen molar-refractivity contribution in [1.29, 1.82) is 0 Å². The second-order valence-electron chi connectivity index (χ2n) is 6.86. The van der Waals surface area contributed by atoms with Gasteiger partial charge in [-0.05, 0) is 36.8 Å². The van der Waals surface area contributed by atoms with E-state index in [1.807, 2.05) is 42.6 Å². The maximum Gasteiger partial charge on any atom is 0.154 e. The van der Waals surface area contributed by atoms with Gasteiger partial charge in [-0.3, -0.25) is 4.98 Å². The van der Waals surface area contributed by atoms with Gasteiger partial charge in [-0.1, -0.05) is 31.2 Å². The van der Waals surface area contributed by atoms with Gasteiger partial charge in [-0.15, -0.1) is 0 Å². The number of benzene rings is 1. The Hall–Kier alpha value is -3.09. The molecule has 28 heavy (non-hydrogen) atoms. The monoisotopic (exact) mass is 373 g/mol. The molecule has 1 unspecified atom stereocenters. The third-order valence-corrected chi connectivity index (χ3v) is 4.84. The van der Waals surface area contributed by atoms with Crippen molar-refractivity contribution in [2.24, 2.45) is 5.73 Å². The van der Waals surface area contributed by atoms with Crippen LogP contribution in [0.2, 0.25) is 0 Å². The number of fused-ring (bicyclic) bond motifs is 1. The Balaban J connectivity index is 1.75. The number of nitrogens with zero attached hydrogens (tertiary/aromatic N) is 4. The summed E-state index contributed by atoms with van der Waals surface area (Å²) in [6.07, 6.45) is 3.51. The van der Waals surface area contributed by atoms with Gasteiger partial charge in [0, 0.05) is 29.1 Å². The summed E-state index contributed by atoms with van der Waals surface area (Å²) in [7, 11) is 0. The third-order valence-electron chi connectivity index (χ3n) is 4.84. The van der Waals surface area contributed by atoms with Crippen molar-refractivity contribution >= 4 is 10.9 Å². The first-order valence-corrected chi connectivity index (χ1v) is 9.44. The summed E-state index contributed by atoms with van der Waals surface area (Å²) in [5.41, 5.74) is 10.6. The van der Waals surface area contributed by atoms with Crippen molar-refractivity contribution in [3.8, 4) is 17.1 Å². The Bertz CT molecular complexity index is 1100. The van der Waals surface area contributed by atoms with E-state index in [0.717, 1.165) is 40.7 Å². The van der Waals surface area contributed by atoms with Crippen LogP contribution < -0.4 is 5.73 Å². The Kier molecular flexibility index (Phi) is 5.14. The molecule has 4 aromatic rings. The van der Waals surface area contributed by atoms with Crippen LogP contribution in [0.25, 0.3) is 28.0 Å². The van der Waals surface area contributed by atoms with Gasteiger partial charge in [0.15, 0.2) is 5.82 Å². The van der Waals surface area contributed by atoms with Gasteiger partial charge in [0.2, 0.25) is 0 Å². The highest BCUT2D eigenvalue weighted by atomic mass is 16.3. The molecule has 3 aromatic heterocycles. The number of rotatable bonds is 6. The molecule has 3 N–H and O–H groups in total. The van der Waals surface area contributed by atoms with Crippen LogP contribution in [-0.2, 0) is 13.0 Å². The molecule has 0 aliphatic carbocycles. The average Bonchev–Trinajstić information content (AvgIpc) is 3.17. The zero-order chi connectivity index (χ0) is 19.5. The summed E-state index contributed by atoms with van der Waals surface area (Å²) in [6, 6.07) is 17.9. The van der Waals surface area contributed by atoms with E-state index >= 15 is 0 Å². The van der Waals surface area contributed by atoms with Crippen molar-refractivity contribution in [2.45, 2.75) is 32.4 Å². The molecule has 0 saturated heterocycles. The number of aliphatic hydroxyl groups excluding tert-OH is 1. The molecular formula is C22H23N5O. The molecule has 0 aliphatic heterocycles. The van der Waals surface area contributed by atoms with Gasteiger partial charge >= 0.3 is 0 Å². The summed E-state index contributed by atoms with van der Waals surface area (Å²) in [4.78, 5) is 9.26. The molecule has 3 heterocycles.